The fourth-order valence-electron chi connectivity index (χ4n) is 2.97. The Labute approximate surface area is 195 Å². The average Bonchev–Trinajstić information content (AvgIpc) is 2.79. The maximum atomic E-state index is 12.7. The zero-order chi connectivity index (χ0) is 24.2. The second-order valence-electron chi connectivity index (χ2n) is 6.84. The number of nitrogens with two attached hydrogens (primary N) is 2. The number of amides is 1. The van der Waals surface area contributed by atoms with E-state index in [-0.39, 0.29) is 26.9 Å². The molecule has 0 saturated heterocycles. The van der Waals surface area contributed by atoms with Gasteiger partial charge in [0.05, 0.1) is 15.7 Å². The molecule has 0 radical (unpaired) electrons. The maximum absolute atomic E-state index is 12.7. The van der Waals surface area contributed by atoms with Gasteiger partial charge in [-0.25, -0.2) is 18.5 Å². The van der Waals surface area contributed by atoms with E-state index in [0.29, 0.717) is 16.8 Å². The van der Waals surface area contributed by atoms with Crippen molar-refractivity contribution < 1.29 is 13.2 Å². The van der Waals surface area contributed by atoms with E-state index in [4.69, 9.17) is 10.9 Å². The number of thioether (sulfide) groups is 1. The number of hydrogen-bond donors (Lipinski definition) is 3. The van der Waals surface area contributed by atoms with Gasteiger partial charge in [0.1, 0.15) is 28.5 Å². The summed E-state index contributed by atoms with van der Waals surface area (Å²) in [4.78, 5) is 16.8. The molecule has 1 atom stereocenters. The lowest BCUT2D eigenvalue weighted by Gasteiger charge is -2.16. The summed E-state index contributed by atoms with van der Waals surface area (Å²) >= 11 is 1.02. The first-order valence-electron chi connectivity index (χ1n) is 9.45. The lowest BCUT2D eigenvalue weighted by Crippen LogP contribution is -2.23. The Bertz CT molecular complexity index is 1390. The Morgan fingerprint density at radius 1 is 1.06 bits per heavy atom. The molecule has 0 spiro atoms. The van der Waals surface area contributed by atoms with E-state index in [1.54, 1.807) is 31.2 Å². The fourth-order valence-corrected chi connectivity index (χ4v) is 4.40. The van der Waals surface area contributed by atoms with Crippen molar-refractivity contribution in [2.24, 2.45) is 5.14 Å². The molecular weight excluding hydrogens is 460 g/mol. The summed E-state index contributed by atoms with van der Waals surface area (Å²) in [6.07, 6.45) is 0. The number of carbonyl (C=O) groups is 1. The SMILES string of the molecule is CC(Sc1nc(N)c(C#N)c(-c2ccccc2)c1C#N)C(=O)Nc1ccc(S(N)(=O)=O)cc1. The minimum absolute atomic E-state index is 0.0379. The van der Waals surface area contributed by atoms with Gasteiger partial charge in [0.15, 0.2) is 0 Å². The summed E-state index contributed by atoms with van der Waals surface area (Å²) in [6, 6.07) is 18.4. The molecule has 166 valence electrons. The number of primary sulfonamides is 1. The van der Waals surface area contributed by atoms with Crippen LogP contribution in [-0.4, -0.2) is 24.6 Å². The number of sulfonamides is 1. The molecule has 9 nitrogen and oxygen atoms in total. The fraction of sp³-hybridized carbons (Fsp3) is 0.0909. The highest BCUT2D eigenvalue weighted by atomic mass is 32.2. The van der Waals surface area contributed by atoms with Crippen LogP contribution < -0.4 is 16.2 Å². The molecule has 3 rings (SSSR count). The zero-order valence-electron chi connectivity index (χ0n) is 17.3. The number of anilines is 2. The number of nitrogen functional groups attached to an aromatic ring is 1. The van der Waals surface area contributed by atoms with Crippen molar-refractivity contribution in [2.75, 3.05) is 11.1 Å². The van der Waals surface area contributed by atoms with Gasteiger partial charge in [-0.2, -0.15) is 10.5 Å². The first-order chi connectivity index (χ1) is 15.7. The van der Waals surface area contributed by atoms with E-state index in [1.165, 1.54) is 24.3 Å². The Hall–Kier alpha value is -3.90. The van der Waals surface area contributed by atoms with Gasteiger partial charge in [0.25, 0.3) is 0 Å². The van der Waals surface area contributed by atoms with Crippen LogP contribution in [-0.2, 0) is 14.8 Å². The number of nitrogens with zero attached hydrogens (tertiary/aromatic N) is 3. The highest BCUT2D eigenvalue weighted by Crippen LogP contribution is 2.37. The standard InChI is InChI=1S/C22H18N6O3S2/c1-13(21(29)27-15-7-9-16(10-8-15)33(26,30)31)32-22-18(12-24)19(14-5-3-2-4-6-14)17(11-23)20(25)28-22/h2-10,13H,1H3,(H2,25,28)(H,27,29)(H2,26,30,31). The normalized spacial score (nSPS) is 11.8. The van der Waals surface area contributed by atoms with Gasteiger partial charge in [-0.15, -0.1) is 0 Å². The topological polar surface area (TPSA) is 176 Å². The van der Waals surface area contributed by atoms with Gasteiger partial charge < -0.3 is 11.1 Å². The number of carbonyl (C=O) groups excluding carboxylic acids is 1. The molecule has 0 bridgehead atoms. The van der Waals surface area contributed by atoms with Gasteiger partial charge in [0, 0.05) is 11.3 Å². The second kappa shape index (κ2) is 9.71. The van der Waals surface area contributed by atoms with Gasteiger partial charge in [0.2, 0.25) is 15.9 Å². The van der Waals surface area contributed by atoms with Gasteiger partial charge in [-0.3, -0.25) is 4.79 Å². The van der Waals surface area contributed by atoms with Crippen molar-refractivity contribution >= 4 is 39.2 Å². The highest BCUT2D eigenvalue weighted by Gasteiger charge is 2.24. The van der Waals surface area contributed by atoms with Crippen LogP contribution in [0.5, 0.6) is 0 Å². The quantitative estimate of drug-likeness (QED) is 0.453. The minimum Gasteiger partial charge on any atom is -0.383 e. The summed E-state index contributed by atoms with van der Waals surface area (Å²) in [7, 11) is -3.84. The number of nitriles is 2. The van der Waals surface area contributed by atoms with E-state index >= 15 is 0 Å². The van der Waals surface area contributed by atoms with Crippen LogP contribution in [0.4, 0.5) is 11.5 Å². The molecule has 0 aliphatic carbocycles. The number of aromatic nitrogens is 1. The van der Waals surface area contributed by atoms with Gasteiger partial charge in [-0.1, -0.05) is 42.1 Å². The van der Waals surface area contributed by atoms with E-state index in [1.807, 2.05) is 12.1 Å². The summed E-state index contributed by atoms with van der Waals surface area (Å²) in [6.45, 7) is 1.62. The van der Waals surface area contributed by atoms with Crippen LogP contribution >= 0.6 is 11.8 Å². The minimum atomic E-state index is -3.84. The average molecular weight is 479 g/mol. The number of hydrogen-bond acceptors (Lipinski definition) is 8. The smallest absolute Gasteiger partial charge is 0.238 e. The molecular formula is C22H18N6O3S2. The van der Waals surface area contributed by atoms with Crippen LogP contribution in [0.1, 0.15) is 18.1 Å². The van der Waals surface area contributed by atoms with E-state index in [2.05, 4.69) is 16.4 Å². The van der Waals surface area contributed by atoms with E-state index in [9.17, 15) is 23.7 Å². The molecule has 0 aliphatic rings. The van der Waals surface area contributed by atoms with Crippen LogP contribution in [0.2, 0.25) is 0 Å². The van der Waals surface area contributed by atoms with Gasteiger partial charge in [-0.05, 0) is 36.8 Å². The molecule has 5 N–H and O–H groups in total. The molecule has 3 aromatic rings. The van der Waals surface area contributed by atoms with Crippen LogP contribution in [0, 0.1) is 22.7 Å². The zero-order valence-corrected chi connectivity index (χ0v) is 18.9. The second-order valence-corrected chi connectivity index (χ2v) is 9.73. The van der Waals surface area contributed by atoms with E-state index in [0.717, 1.165) is 11.8 Å². The van der Waals surface area contributed by atoms with Gasteiger partial charge >= 0.3 is 0 Å². The molecule has 0 aliphatic heterocycles. The predicted molar refractivity (Wildman–Crippen MR) is 125 cm³/mol. The van der Waals surface area contributed by atoms with Crippen molar-refractivity contribution in [3.63, 3.8) is 0 Å². The van der Waals surface area contributed by atoms with E-state index < -0.39 is 21.2 Å². The highest BCUT2D eigenvalue weighted by molar-refractivity contribution is 8.00. The molecule has 0 saturated carbocycles. The number of nitrogens with one attached hydrogen (secondary N) is 1. The molecule has 1 aromatic heterocycles. The molecule has 33 heavy (non-hydrogen) atoms. The summed E-state index contributed by atoms with van der Waals surface area (Å²) in [5.74, 6) is -0.442. The molecule has 11 heteroatoms. The predicted octanol–water partition coefficient (Wildman–Crippen LogP) is 2.84. The number of rotatable bonds is 6. The summed E-state index contributed by atoms with van der Waals surface area (Å²) in [5.41, 5.74) is 7.61. The van der Waals surface area contributed by atoms with Crippen molar-refractivity contribution in [2.45, 2.75) is 22.1 Å². The number of benzene rings is 2. The Kier molecular flexibility index (Phi) is 6.99. The largest absolute Gasteiger partial charge is 0.383 e. The lowest BCUT2D eigenvalue weighted by molar-refractivity contribution is -0.115. The number of pyridine rings is 1. The Morgan fingerprint density at radius 2 is 1.67 bits per heavy atom. The van der Waals surface area contributed by atoms with Crippen molar-refractivity contribution in [1.82, 2.24) is 4.98 Å². The molecule has 1 amide bonds. The summed E-state index contributed by atoms with van der Waals surface area (Å²) < 4.78 is 22.7. The third-order valence-corrected chi connectivity index (χ3v) is 6.60. The molecule has 1 heterocycles. The maximum Gasteiger partial charge on any atom is 0.238 e. The lowest BCUT2D eigenvalue weighted by atomic mass is 9.97. The van der Waals surface area contributed by atoms with Crippen molar-refractivity contribution in [1.29, 1.82) is 10.5 Å². The van der Waals surface area contributed by atoms with Crippen molar-refractivity contribution in [3.05, 3.63) is 65.7 Å². The third-order valence-electron chi connectivity index (χ3n) is 4.59. The molecule has 0 fully saturated rings. The van der Waals surface area contributed by atoms with Crippen LogP contribution in [0.15, 0.2) is 64.5 Å². The molecule has 2 aromatic carbocycles. The van der Waals surface area contributed by atoms with Crippen LogP contribution in [0.25, 0.3) is 11.1 Å². The third kappa shape index (κ3) is 5.30. The van der Waals surface area contributed by atoms with Crippen molar-refractivity contribution in [3.8, 4) is 23.3 Å². The van der Waals surface area contributed by atoms with Crippen LogP contribution in [0.3, 0.4) is 0 Å². The first kappa shape index (κ1) is 23.8. The Morgan fingerprint density at radius 3 is 2.21 bits per heavy atom. The first-order valence-corrected chi connectivity index (χ1v) is 11.9. The monoisotopic (exact) mass is 478 g/mol. The summed E-state index contributed by atoms with van der Waals surface area (Å²) in [5, 5.41) is 26.7. The Balaban J connectivity index is 1.90. The molecule has 1 unspecified atom stereocenters.